The zero-order chi connectivity index (χ0) is 14.0. The van der Waals surface area contributed by atoms with Crippen LogP contribution in [0, 0.1) is 6.92 Å². The second-order valence-corrected chi connectivity index (χ2v) is 5.71. The molecule has 1 N–H and O–H groups in total. The quantitative estimate of drug-likeness (QED) is 0.905. The standard InChI is InChI=1S/C14H16BrNO3/c1-9-2-5-11(12(15)8-9)14(19)16(10-3-4-10)7-6-13(17)18/h2,5,8,10H,3-4,6-7H2,1H3,(H,17,18). The Labute approximate surface area is 120 Å². The second kappa shape index (κ2) is 5.74. The van der Waals surface area contributed by atoms with E-state index in [9.17, 15) is 9.59 Å². The molecule has 19 heavy (non-hydrogen) atoms. The smallest absolute Gasteiger partial charge is 0.305 e. The molecule has 2 rings (SSSR count). The van der Waals surface area contributed by atoms with Crippen LogP contribution in [0.3, 0.4) is 0 Å². The molecule has 1 amide bonds. The van der Waals surface area contributed by atoms with Crippen molar-refractivity contribution in [3.8, 4) is 0 Å². The van der Waals surface area contributed by atoms with E-state index in [0.717, 1.165) is 22.9 Å². The average Bonchev–Trinajstić information content (AvgIpc) is 3.13. The van der Waals surface area contributed by atoms with Gasteiger partial charge in [-0.2, -0.15) is 0 Å². The second-order valence-electron chi connectivity index (χ2n) is 4.86. The van der Waals surface area contributed by atoms with E-state index in [1.54, 1.807) is 11.0 Å². The van der Waals surface area contributed by atoms with E-state index in [4.69, 9.17) is 5.11 Å². The van der Waals surface area contributed by atoms with Crippen LogP contribution in [-0.4, -0.2) is 34.5 Å². The summed E-state index contributed by atoms with van der Waals surface area (Å²) >= 11 is 3.40. The summed E-state index contributed by atoms with van der Waals surface area (Å²) in [6.45, 7) is 2.24. The number of nitrogens with zero attached hydrogens (tertiary/aromatic N) is 1. The van der Waals surface area contributed by atoms with Gasteiger partial charge in [0.15, 0.2) is 0 Å². The van der Waals surface area contributed by atoms with Crippen molar-refractivity contribution in [1.82, 2.24) is 4.90 Å². The van der Waals surface area contributed by atoms with Gasteiger partial charge in [-0.3, -0.25) is 9.59 Å². The maximum Gasteiger partial charge on any atom is 0.305 e. The largest absolute Gasteiger partial charge is 0.481 e. The van der Waals surface area contributed by atoms with Gasteiger partial charge in [0, 0.05) is 17.1 Å². The highest BCUT2D eigenvalue weighted by molar-refractivity contribution is 9.10. The number of carboxylic acid groups (broad SMARTS) is 1. The molecule has 0 radical (unpaired) electrons. The van der Waals surface area contributed by atoms with Gasteiger partial charge in [0.25, 0.3) is 5.91 Å². The molecule has 1 aromatic rings. The zero-order valence-electron chi connectivity index (χ0n) is 10.7. The number of hydrogen-bond donors (Lipinski definition) is 1. The summed E-state index contributed by atoms with van der Waals surface area (Å²) in [4.78, 5) is 24.8. The molecule has 1 aromatic carbocycles. The summed E-state index contributed by atoms with van der Waals surface area (Å²) < 4.78 is 0.762. The minimum absolute atomic E-state index is 0.00821. The third kappa shape index (κ3) is 3.56. The number of aryl methyl sites for hydroxylation is 1. The lowest BCUT2D eigenvalue weighted by molar-refractivity contribution is -0.137. The third-order valence-electron chi connectivity index (χ3n) is 3.17. The molecule has 0 atom stereocenters. The van der Waals surface area contributed by atoms with Crippen molar-refractivity contribution in [3.63, 3.8) is 0 Å². The van der Waals surface area contributed by atoms with E-state index in [0.29, 0.717) is 5.56 Å². The van der Waals surface area contributed by atoms with Crippen molar-refractivity contribution in [2.75, 3.05) is 6.54 Å². The fraction of sp³-hybridized carbons (Fsp3) is 0.429. The fourth-order valence-corrected chi connectivity index (χ4v) is 2.66. The van der Waals surface area contributed by atoms with Gasteiger partial charge in [0.1, 0.15) is 0 Å². The highest BCUT2D eigenvalue weighted by Crippen LogP contribution is 2.30. The first-order valence-electron chi connectivity index (χ1n) is 6.28. The summed E-state index contributed by atoms with van der Waals surface area (Å²) in [5.41, 5.74) is 1.68. The molecule has 0 saturated heterocycles. The summed E-state index contributed by atoms with van der Waals surface area (Å²) in [6.07, 6.45) is 1.93. The number of amides is 1. The number of aliphatic carboxylic acids is 1. The molecule has 0 aromatic heterocycles. The van der Waals surface area contributed by atoms with Crippen LogP contribution in [0.5, 0.6) is 0 Å². The molecule has 0 aliphatic heterocycles. The lowest BCUT2D eigenvalue weighted by atomic mass is 10.1. The maximum atomic E-state index is 12.5. The number of carbonyl (C=O) groups is 2. The Morgan fingerprint density at radius 3 is 2.63 bits per heavy atom. The Balaban J connectivity index is 2.16. The predicted molar refractivity (Wildman–Crippen MR) is 75.2 cm³/mol. The third-order valence-corrected chi connectivity index (χ3v) is 3.83. The Kier molecular flexibility index (Phi) is 4.24. The normalized spacial score (nSPS) is 14.2. The Morgan fingerprint density at radius 2 is 2.11 bits per heavy atom. The number of halogens is 1. The van der Waals surface area contributed by atoms with Gasteiger partial charge >= 0.3 is 5.97 Å². The van der Waals surface area contributed by atoms with Crippen LogP contribution >= 0.6 is 15.9 Å². The van der Waals surface area contributed by atoms with E-state index in [1.807, 2.05) is 19.1 Å². The number of hydrogen-bond acceptors (Lipinski definition) is 2. The van der Waals surface area contributed by atoms with Gasteiger partial charge < -0.3 is 10.0 Å². The SMILES string of the molecule is Cc1ccc(C(=O)N(CCC(=O)O)C2CC2)c(Br)c1. The topological polar surface area (TPSA) is 57.6 Å². The number of carboxylic acids is 1. The molecule has 102 valence electrons. The van der Waals surface area contributed by atoms with Gasteiger partial charge in [-0.25, -0.2) is 0 Å². The number of benzene rings is 1. The van der Waals surface area contributed by atoms with Gasteiger partial charge in [0.2, 0.25) is 0 Å². The fourth-order valence-electron chi connectivity index (χ4n) is 2.00. The molecule has 1 saturated carbocycles. The van der Waals surface area contributed by atoms with Crippen LogP contribution in [0.1, 0.15) is 35.2 Å². The van der Waals surface area contributed by atoms with Crippen molar-refractivity contribution in [2.24, 2.45) is 0 Å². The van der Waals surface area contributed by atoms with Crippen LogP contribution in [0.2, 0.25) is 0 Å². The summed E-state index contributed by atoms with van der Waals surface area (Å²) in [5.74, 6) is -0.961. The first-order chi connectivity index (χ1) is 8.99. The molecule has 4 nitrogen and oxygen atoms in total. The summed E-state index contributed by atoms with van der Waals surface area (Å²) in [7, 11) is 0. The molecule has 5 heteroatoms. The van der Waals surface area contributed by atoms with Gasteiger partial charge in [-0.1, -0.05) is 6.07 Å². The van der Waals surface area contributed by atoms with Crippen molar-refractivity contribution in [2.45, 2.75) is 32.2 Å². The van der Waals surface area contributed by atoms with Gasteiger partial charge in [-0.05, 0) is 53.4 Å². The van der Waals surface area contributed by atoms with E-state index >= 15 is 0 Å². The van der Waals surface area contributed by atoms with Crippen LogP contribution in [-0.2, 0) is 4.79 Å². The Bertz CT molecular complexity index is 511. The highest BCUT2D eigenvalue weighted by atomic mass is 79.9. The summed E-state index contributed by atoms with van der Waals surface area (Å²) in [5, 5.41) is 8.76. The average molecular weight is 326 g/mol. The molecule has 0 spiro atoms. The molecule has 1 aliphatic rings. The zero-order valence-corrected chi connectivity index (χ0v) is 12.3. The van der Waals surface area contributed by atoms with Crippen molar-refractivity contribution in [1.29, 1.82) is 0 Å². The molecular weight excluding hydrogens is 310 g/mol. The molecule has 1 aliphatic carbocycles. The van der Waals surface area contributed by atoms with E-state index in [1.165, 1.54) is 0 Å². The monoisotopic (exact) mass is 325 g/mol. The number of rotatable bonds is 5. The first-order valence-corrected chi connectivity index (χ1v) is 7.07. The Hall–Kier alpha value is -1.36. The van der Waals surface area contributed by atoms with Crippen LogP contribution in [0.25, 0.3) is 0 Å². The number of carbonyl (C=O) groups excluding carboxylic acids is 1. The van der Waals surface area contributed by atoms with Crippen LogP contribution < -0.4 is 0 Å². The van der Waals surface area contributed by atoms with Crippen molar-refractivity contribution < 1.29 is 14.7 Å². The van der Waals surface area contributed by atoms with Crippen molar-refractivity contribution >= 4 is 27.8 Å². The van der Waals surface area contributed by atoms with E-state index in [2.05, 4.69) is 15.9 Å². The first kappa shape index (κ1) is 14.1. The molecule has 0 heterocycles. The van der Waals surface area contributed by atoms with Gasteiger partial charge in [-0.15, -0.1) is 0 Å². The van der Waals surface area contributed by atoms with Crippen LogP contribution in [0.4, 0.5) is 0 Å². The molecule has 0 unspecified atom stereocenters. The molecule has 1 fully saturated rings. The van der Waals surface area contributed by atoms with Crippen molar-refractivity contribution in [3.05, 3.63) is 33.8 Å². The minimum atomic E-state index is -0.874. The predicted octanol–water partition coefficient (Wildman–Crippen LogP) is 2.84. The van der Waals surface area contributed by atoms with E-state index < -0.39 is 5.97 Å². The van der Waals surface area contributed by atoms with E-state index in [-0.39, 0.29) is 24.9 Å². The maximum absolute atomic E-state index is 12.5. The Morgan fingerprint density at radius 1 is 1.42 bits per heavy atom. The summed E-state index contributed by atoms with van der Waals surface area (Å²) in [6, 6.07) is 5.79. The van der Waals surface area contributed by atoms with Crippen LogP contribution in [0.15, 0.2) is 22.7 Å². The van der Waals surface area contributed by atoms with Gasteiger partial charge in [0.05, 0.1) is 12.0 Å². The lowest BCUT2D eigenvalue weighted by Gasteiger charge is -2.22. The highest BCUT2D eigenvalue weighted by Gasteiger charge is 2.33. The molecular formula is C14H16BrNO3. The molecule has 0 bridgehead atoms. The minimum Gasteiger partial charge on any atom is -0.481 e. The lowest BCUT2D eigenvalue weighted by Crippen LogP contribution is -2.35.